The largest absolute Gasteiger partial charge is 0.481 e. The average molecular weight is 276 g/mol. The standard InChI is InChI=1S/C15H16O5/c1-3-4-10-7-14(18)20-15-9(2)12(6-5-11(10)15)19-8-13(16)17/h5-7H,3-4,8H2,1-2H3,(H,16,17). The quantitative estimate of drug-likeness (QED) is 0.849. The van der Waals surface area contributed by atoms with Crippen LogP contribution in [0.25, 0.3) is 11.0 Å². The Balaban J connectivity index is 2.55. The molecular weight excluding hydrogens is 260 g/mol. The van der Waals surface area contributed by atoms with Crippen molar-refractivity contribution >= 4 is 16.9 Å². The third kappa shape index (κ3) is 2.82. The number of hydrogen-bond acceptors (Lipinski definition) is 4. The van der Waals surface area contributed by atoms with Crippen molar-refractivity contribution in [2.75, 3.05) is 6.61 Å². The molecule has 0 saturated heterocycles. The number of benzene rings is 1. The number of carbonyl (C=O) groups is 1. The van der Waals surface area contributed by atoms with E-state index in [1.54, 1.807) is 19.1 Å². The summed E-state index contributed by atoms with van der Waals surface area (Å²) in [5, 5.41) is 9.51. The molecule has 0 fully saturated rings. The van der Waals surface area contributed by atoms with E-state index in [4.69, 9.17) is 14.3 Å². The summed E-state index contributed by atoms with van der Waals surface area (Å²) in [5.74, 6) is -0.637. The summed E-state index contributed by atoms with van der Waals surface area (Å²) in [6.07, 6.45) is 1.71. The minimum Gasteiger partial charge on any atom is -0.481 e. The van der Waals surface area contributed by atoms with E-state index in [9.17, 15) is 9.59 Å². The van der Waals surface area contributed by atoms with Crippen LogP contribution in [-0.2, 0) is 11.2 Å². The third-order valence-electron chi connectivity index (χ3n) is 3.07. The van der Waals surface area contributed by atoms with Gasteiger partial charge in [0.05, 0.1) is 0 Å². The molecule has 106 valence electrons. The highest BCUT2D eigenvalue weighted by molar-refractivity contribution is 5.85. The van der Waals surface area contributed by atoms with Gasteiger partial charge < -0.3 is 14.3 Å². The Kier molecular flexibility index (Phi) is 4.08. The number of carboxylic acids is 1. The summed E-state index contributed by atoms with van der Waals surface area (Å²) in [6, 6.07) is 5.01. The maximum absolute atomic E-state index is 11.6. The first-order chi connectivity index (χ1) is 9.52. The van der Waals surface area contributed by atoms with Crippen molar-refractivity contribution in [1.82, 2.24) is 0 Å². The first kappa shape index (κ1) is 14.1. The minimum absolute atomic E-state index is 0.403. The lowest BCUT2D eigenvalue weighted by Crippen LogP contribution is -2.10. The molecule has 5 heteroatoms. The van der Waals surface area contributed by atoms with Crippen molar-refractivity contribution in [3.8, 4) is 5.75 Å². The number of hydrogen-bond donors (Lipinski definition) is 1. The molecule has 1 aromatic carbocycles. The summed E-state index contributed by atoms with van der Waals surface area (Å²) in [5.41, 5.74) is 1.63. The van der Waals surface area contributed by atoms with Crippen molar-refractivity contribution in [1.29, 1.82) is 0 Å². The molecule has 20 heavy (non-hydrogen) atoms. The van der Waals surface area contributed by atoms with E-state index in [0.29, 0.717) is 16.9 Å². The Bertz CT molecular complexity index is 699. The van der Waals surface area contributed by atoms with Gasteiger partial charge in [-0.15, -0.1) is 0 Å². The van der Waals surface area contributed by atoms with E-state index in [0.717, 1.165) is 23.8 Å². The predicted octanol–water partition coefficient (Wildman–Crippen LogP) is 2.52. The molecule has 2 aromatic rings. The molecule has 1 heterocycles. The second-order valence-electron chi connectivity index (χ2n) is 4.59. The maximum Gasteiger partial charge on any atom is 0.341 e. The lowest BCUT2D eigenvalue weighted by Gasteiger charge is -2.10. The molecular formula is C15H16O5. The molecule has 0 aliphatic heterocycles. The summed E-state index contributed by atoms with van der Waals surface area (Å²) < 4.78 is 10.4. The molecule has 1 N–H and O–H groups in total. The Morgan fingerprint density at radius 2 is 2.15 bits per heavy atom. The molecule has 0 aliphatic carbocycles. The van der Waals surface area contributed by atoms with Crippen molar-refractivity contribution in [2.45, 2.75) is 26.7 Å². The lowest BCUT2D eigenvalue weighted by molar-refractivity contribution is -0.139. The van der Waals surface area contributed by atoms with Crippen LogP contribution in [0.5, 0.6) is 5.75 Å². The molecule has 0 atom stereocenters. The van der Waals surface area contributed by atoms with E-state index in [1.807, 2.05) is 6.92 Å². The number of rotatable bonds is 5. The van der Waals surface area contributed by atoms with Crippen LogP contribution in [0, 0.1) is 6.92 Å². The van der Waals surface area contributed by atoms with Gasteiger partial charge in [-0.05, 0) is 31.0 Å². The highest BCUT2D eigenvalue weighted by Crippen LogP contribution is 2.28. The zero-order chi connectivity index (χ0) is 14.7. The topological polar surface area (TPSA) is 76.7 Å². The lowest BCUT2D eigenvalue weighted by atomic mass is 10.0. The van der Waals surface area contributed by atoms with Crippen LogP contribution in [0.2, 0.25) is 0 Å². The van der Waals surface area contributed by atoms with Gasteiger partial charge in [-0.2, -0.15) is 0 Å². The molecule has 0 saturated carbocycles. The fourth-order valence-electron chi connectivity index (χ4n) is 2.18. The Morgan fingerprint density at radius 3 is 2.80 bits per heavy atom. The minimum atomic E-state index is -1.05. The second kappa shape index (κ2) is 5.77. The number of carboxylic acid groups (broad SMARTS) is 1. The Hall–Kier alpha value is -2.30. The molecule has 0 aliphatic rings. The molecule has 2 rings (SSSR count). The van der Waals surface area contributed by atoms with Gasteiger partial charge in [0.25, 0.3) is 0 Å². The van der Waals surface area contributed by atoms with Gasteiger partial charge in [0.1, 0.15) is 11.3 Å². The zero-order valence-electron chi connectivity index (χ0n) is 11.4. The fraction of sp³-hybridized carbons (Fsp3) is 0.333. The van der Waals surface area contributed by atoms with Crippen LogP contribution < -0.4 is 10.4 Å². The molecule has 1 aromatic heterocycles. The van der Waals surface area contributed by atoms with E-state index < -0.39 is 18.2 Å². The number of aryl methyl sites for hydroxylation is 2. The monoisotopic (exact) mass is 276 g/mol. The fourth-order valence-corrected chi connectivity index (χ4v) is 2.18. The zero-order valence-corrected chi connectivity index (χ0v) is 11.4. The highest BCUT2D eigenvalue weighted by atomic mass is 16.5. The van der Waals surface area contributed by atoms with Gasteiger partial charge in [-0.25, -0.2) is 9.59 Å². The third-order valence-corrected chi connectivity index (χ3v) is 3.07. The molecule has 0 amide bonds. The summed E-state index contributed by atoms with van der Waals surface area (Å²) in [4.78, 5) is 22.1. The van der Waals surface area contributed by atoms with Crippen LogP contribution in [0.3, 0.4) is 0 Å². The van der Waals surface area contributed by atoms with E-state index >= 15 is 0 Å². The average Bonchev–Trinajstić information content (AvgIpc) is 2.39. The van der Waals surface area contributed by atoms with E-state index in [-0.39, 0.29) is 0 Å². The van der Waals surface area contributed by atoms with Crippen LogP contribution in [-0.4, -0.2) is 17.7 Å². The van der Waals surface area contributed by atoms with E-state index in [2.05, 4.69) is 0 Å². The second-order valence-corrected chi connectivity index (χ2v) is 4.59. The number of ether oxygens (including phenoxy) is 1. The van der Waals surface area contributed by atoms with Gasteiger partial charge in [-0.1, -0.05) is 13.3 Å². The van der Waals surface area contributed by atoms with Gasteiger partial charge in [0, 0.05) is 17.0 Å². The summed E-state index contributed by atoms with van der Waals surface area (Å²) in [6.45, 7) is 3.36. The Morgan fingerprint density at radius 1 is 1.40 bits per heavy atom. The highest BCUT2D eigenvalue weighted by Gasteiger charge is 2.12. The normalized spacial score (nSPS) is 10.7. The van der Waals surface area contributed by atoms with Gasteiger partial charge in [0.2, 0.25) is 0 Å². The van der Waals surface area contributed by atoms with Gasteiger partial charge in [0.15, 0.2) is 6.61 Å². The molecule has 0 bridgehead atoms. The van der Waals surface area contributed by atoms with Crippen molar-refractivity contribution in [3.05, 3.63) is 39.7 Å². The van der Waals surface area contributed by atoms with Gasteiger partial charge >= 0.3 is 11.6 Å². The number of fused-ring (bicyclic) bond motifs is 1. The van der Waals surface area contributed by atoms with Crippen molar-refractivity contribution in [3.63, 3.8) is 0 Å². The predicted molar refractivity (Wildman–Crippen MR) is 74.3 cm³/mol. The first-order valence-electron chi connectivity index (χ1n) is 6.44. The van der Waals surface area contributed by atoms with Crippen molar-refractivity contribution < 1.29 is 19.1 Å². The SMILES string of the molecule is CCCc1cc(=O)oc2c(C)c(OCC(=O)O)ccc12. The summed E-state index contributed by atoms with van der Waals surface area (Å²) >= 11 is 0. The first-order valence-corrected chi connectivity index (χ1v) is 6.44. The molecule has 0 radical (unpaired) electrons. The maximum atomic E-state index is 11.6. The van der Waals surface area contributed by atoms with Crippen LogP contribution >= 0.6 is 0 Å². The van der Waals surface area contributed by atoms with E-state index in [1.165, 1.54) is 6.07 Å². The molecule has 5 nitrogen and oxygen atoms in total. The molecule has 0 unspecified atom stereocenters. The van der Waals surface area contributed by atoms with Gasteiger partial charge in [-0.3, -0.25) is 0 Å². The number of aliphatic carboxylic acids is 1. The van der Waals surface area contributed by atoms with Crippen LogP contribution in [0.1, 0.15) is 24.5 Å². The summed E-state index contributed by atoms with van der Waals surface area (Å²) in [7, 11) is 0. The van der Waals surface area contributed by atoms with Crippen molar-refractivity contribution in [2.24, 2.45) is 0 Å². The smallest absolute Gasteiger partial charge is 0.341 e. The molecule has 0 spiro atoms. The van der Waals surface area contributed by atoms with Crippen LogP contribution in [0.4, 0.5) is 0 Å². The van der Waals surface area contributed by atoms with Crippen LogP contribution in [0.15, 0.2) is 27.4 Å². The Labute approximate surface area is 115 Å².